The van der Waals surface area contributed by atoms with E-state index in [1.165, 1.54) is 24.3 Å². The Bertz CT molecular complexity index is 1480. The molecule has 0 unspecified atom stereocenters. The minimum absolute atomic E-state index is 0.195. The Labute approximate surface area is 214 Å². The zero-order chi connectivity index (χ0) is 26.3. The van der Waals surface area contributed by atoms with Crippen molar-refractivity contribution in [2.24, 2.45) is 0 Å². The van der Waals surface area contributed by atoms with Gasteiger partial charge >= 0.3 is 0 Å². The van der Waals surface area contributed by atoms with E-state index in [4.69, 9.17) is 4.74 Å². The molecule has 4 aromatic carbocycles. The number of carbonyl (C=O) groups excluding carboxylic acids is 1. The van der Waals surface area contributed by atoms with Crippen LogP contribution in [0.3, 0.4) is 0 Å². The van der Waals surface area contributed by atoms with Crippen LogP contribution in [0.2, 0.25) is 0 Å². The Morgan fingerprint density at radius 1 is 0.838 bits per heavy atom. The van der Waals surface area contributed by atoms with Gasteiger partial charge in [-0.2, -0.15) is 0 Å². The van der Waals surface area contributed by atoms with Crippen LogP contribution in [-0.2, 0) is 21.4 Å². The summed E-state index contributed by atoms with van der Waals surface area (Å²) in [5.74, 6) is -0.0179. The number of nitrogens with zero attached hydrogens (tertiary/aromatic N) is 2. The second-order valence-corrected chi connectivity index (χ2v) is 9.75. The third-order valence-electron chi connectivity index (χ3n) is 5.35. The van der Waals surface area contributed by atoms with Gasteiger partial charge in [-0.3, -0.25) is 19.2 Å². The van der Waals surface area contributed by atoms with E-state index in [0.717, 1.165) is 22.0 Å². The summed E-state index contributed by atoms with van der Waals surface area (Å²) in [5, 5.41) is 14.1. The standard InChI is InChI=1S/C27H23N3O6S/c31-27(28-22-15-17-24(18-16-22)36-20-21-9-3-1-4-10-21)19-29(23-11-5-2-6-12-23)37(34,35)26-14-8-7-13-25(26)30(32)33/h1-18H,19-20H2,(H,28,31). The van der Waals surface area contributed by atoms with Crippen LogP contribution in [0.15, 0.2) is 114 Å². The predicted octanol–water partition coefficient (Wildman–Crippen LogP) is 5.01. The first-order valence-corrected chi connectivity index (χ1v) is 12.7. The van der Waals surface area contributed by atoms with E-state index < -0.39 is 38.0 Å². The quantitative estimate of drug-likeness (QED) is 0.233. The Morgan fingerprint density at radius 2 is 1.43 bits per heavy atom. The fourth-order valence-electron chi connectivity index (χ4n) is 3.56. The summed E-state index contributed by atoms with van der Waals surface area (Å²) in [4.78, 5) is 23.1. The van der Waals surface area contributed by atoms with Crippen LogP contribution >= 0.6 is 0 Å². The third kappa shape index (κ3) is 6.30. The van der Waals surface area contributed by atoms with Gasteiger partial charge in [-0.15, -0.1) is 0 Å². The molecule has 188 valence electrons. The molecule has 0 radical (unpaired) electrons. The van der Waals surface area contributed by atoms with Gasteiger partial charge in [0.25, 0.3) is 15.7 Å². The van der Waals surface area contributed by atoms with Crippen molar-refractivity contribution in [3.63, 3.8) is 0 Å². The van der Waals surface area contributed by atoms with Crippen LogP contribution in [0.25, 0.3) is 0 Å². The summed E-state index contributed by atoms with van der Waals surface area (Å²) in [6.07, 6.45) is 0. The monoisotopic (exact) mass is 517 g/mol. The number of carbonyl (C=O) groups is 1. The van der Waals surface area contributed by atoms with Gasteiger partial charge < -0.3 is 10.1 Å². The normalized spacial score (nSPS) is 10.9. The Morgan fingerprint density at radius 3 is 2.08 bits per heavy atom. The maximum absolute atomic E-state index is 13.5. The second-order valence-electron chi connectivity index (χ2n) is 7.92. The summed E-state index contributed by atoms with van der Waals surface area (Å²) >= 11 is 0. The molecule has 10 heteroatoms. The predicted molar refractivity (Wildman–Crippen MR) is 140 cm³/mol. The van der Waals surface area contributed by atoms with Gasteiger partial charge in [-0.25, -0.2) is 8.42 Å². The number of nitro groups is 1. The van der Waals surface area contributed by atoms with E-state index in [9.17, 15) is 23.3 Å². The van der Waals surface area contributed by atoms with Crippen LogP contribution in [0, 0.1) is 10.1 Å². The molecule has 0 heterocycles. The molecule has 1 N–H and O–H groups in total. The van der Waals surface area contributed by atoms with Crippen LogP contribution in [-0.4, -0.2) is 25.8 Å². The van der Waals surface area contributed by atoms with Gasteiger partial charge in [0.15, 0.2) is 4.90 Å². The van der Waals surface area contributed by atoms with Crippen molar-refractivity contribution in [3.8, 4) is 5.75 Å². The summed E-state index contributed by atoms with van der Waals surface area (Å²) in [5.41, 5.74) is 1.07. The van der Waals surface area contributed by atoms with Gasteiger partial charge in [0.1, 0.15) is 18.9 Å². The molecule has 0 atom stereocenters. The molecule has 0 aliphatic carbocycles. The minimum Gasteiger partial charge on any atom is -0.489 e. The molecule has 0 saturated carbocycles. The smallest absolute Gasteiger partial charge is 0.289 e. The number of hydrogen-bond donors (Lipinski definition) is 1. The molecule has 37 heavy (non-hydrogen) atoms. The number of anilines is 2. The first-order valence-electron chi connectivity index (χ1n) is 11.2. The van der Waals surface area contributed by atoms with Crippen molar-refractivity contribution < 1.29 is 22.9 Å². The molecular weight excluding hydrogens is 494 g/mol. The molecule has 0 bridgehead atoms. The van der Waals surface area contributed by atoms with E-state index >= 15 is 0 Å². The van der Waals surface area contributed by atoms with Crippen LogP contribution < -0.4 is 14.4 Å². The van der Waals surface area contributed by atoms with Crippen molar-refractivity contribution in [1.29, 1.82) is 0 Å². The molecule has 9 nitrogen and oxygen atoms in total. The Balaban J connectivity index is 1.51. The van der Waals surface area contributed by atoms with E-state index in [1.807, 2.05) is 30.3 Å². The molecule has 0 spiro atoms. The fraction of sp³-hybridized carbons (Fsp3) is 0.0741. The van der Waals surface area contributed by atoms with E-state index in [1.54, 1.807) is 42.5 Å². The van der Waals surface area contributed by atoms with Gasteiger partial charge in [-0.05, 0) is 48.0 Å². The largest absolute Gasteiger partial charge is 0.489 e. The Kier molecular flexibility index (Phi) is 7.80. The fourth-order valence-corrected chi connectivity index (χ4v) is 5.14. The summed E-state index contributed by atoms with van der Waals surface area (Å²) in [6, 6.07) is 29.3. The lowest BCUT2D eigenvalue weighted by Crippen LogP contribution is -2.38. The van der Waals surface area contributed by atoms with Crippen molar-refractivity contribution in [2.45, 2.75) is 11.5 Å². The van der Waals surface area contributed by atoms with E-state index in [0.29, 0.717) is 18.0 Å². The second kappa shape index (κ2) is 11.4. The number of rotatable bonds is 10. The van der Waals surface area contributed by atoms with Crippen LogP contribution in [0.4, 0.5) is 17.1 Å². The summed E-state index contributed by atoms with van der Waals surface area (Å²) < 4.78 is 33.6. The van der Waals surface area contributed by atoms with Crippen LogP contribution in [0.5, 0.6) is 5.75 Å². The maximum atomic E-state index is 13.5. The zero-order valence-electron chi connectivity index (χ0n) is 19.6. The summed E-state index contributed by atoms with van der Waals surface area (Å²) in [7, 11) is -4.45. The molecule has 0 aliphatic heterocycles. The van der Waals surface area contributed by atoms with Crippen molar-refractivity contribution in [1.82, 2.24) is 0 Å². The summed E-state index contributed by atoms with van der Waals surface area (Å²) in [6.45, 7) is -0.202. The highest BCUT2D eigenvalue weighted by Gasteiger charge is 2.33. The highest BCUT2D eigenvalue weighted by atomic mass is 32.2. The number of benzene rings is 4. The molecule has 0 fully saturated rings. The number of ether oxygens (including phenoxy) is 1. The van der Waals surface area contributed by atoms with Gasteiger partial charge in [0.2, 0.25) is 5.91 Å². The van der Waals surface area contributed by atoms with Crippen molar-refractivity contribution in [3.05, 3.63) is 125 Å². The first-order chi connectivity index (χ1) is 17.8. The third-order valence-corrected chi connectivity index (χ3v) is 7.17. The van der Waals surface area contributed by atoms with Gasteiger partial charge in [-0.1, -0.05) is 60.7 Å². The average Bonchev–Trinajstić information content (AvgIpc) is 2.92. The number of sulfonamides is 1. The molecule has 1 amide bonds. The number of nitro benzene ring substituents is 1. The lowest BCUT2D eigenvalue weighted by atomic mass is 10.2. The van der Waals surface area contributed by atoms with E-state index in [-0.39, 0.29) is 5.69 Å². The maximum Gasteiger partial charge on any atom is 0.289 e. The molecule has 0 aliphatic rings. The van der Waals surface area contributed by atoms with Gasteiger partial charge in [0, 0.05) is 11.8 Å². The van der Waals surface area contributed by atoms with E-state index in [2.05, 4.69) is 5.32 Å². The number of amides is 1. The number of hydrogen-bond acceptors (Lipinski definition) is 6. The molecule has 4 aromatic rings. The SMILES string of the molecule is O=C(CN(c1ccccc1)S(=O)(=O)c1ccccc1[N+](=O)[O-])Nc1ccc(OCc2ccccc2)cc1. The minimum atomic E-state index is -4.45. The zero-order valence-corrected chi connectivity index (χ0v) is 20.4. The number of para-hydroxylation sites is 2. The lowest BCUT2D eigenvalue weighted by molar-refractivity contribution is -0.387. The molecule has 4 rings (SSSR count). The highest BCUT2D eigenvalue weighted by Crippen LogP contribution is 2.29. The van der Waals surface area contributed by atoms with Crippen LogP contribution in [0.1, 0.15) is 5.56 Å². The lowest BCUT2D eigenvalue weighted by Gasteiger charge is -2.24. The molecule has 0 aromatic heterocycles. The first kappa shape index (κ1) is 25.4. The van der Waals surface area contributed by atoms with Gasteiger partial charge in [0.05, 0.1) is 10.6 Å². The molecule has 0 saturated heterocycles. The van der Waals surface area contributed by atoms with Crippen molar-refractivity contribution >= 4 is 33.0 Å². The highest BCUT2D eigenvalue weighted by molar-refractivity contribution is 7.93. The van der Waals surface area contributed by atoms with Crippen molar-refractivity contribution in [2.75, 3.05) is 16.2 Å². The molecular formula is C27H23N3O6S. The number of nitrogens with one attached hydrogen (secondary N) is 1. The average molecular weight is 518 g/mol. The topological polar surface area (TPSA) is 119 Å². The Hall–Kier alpha value is -4.70.